The lowest BCUT2D eigenvalue weighted by Crippen LogP contribution is -2.03. The Morgan fingerprint density at radius 2 is 1.52 bits per heavy atom. The summed E-state index contributed by atoms with van der Waals surface area (Å²) in [6, 6.07) is 16.9. The van der Waals surface area contributed by atoms with Gasteiger partial charge in [-0.2, -0.15) is 0 Å². The smallest absolute Gasteiger partial charge is 0.316 e. The predicted molar refractivity (Wildman–Crippen MR) is 107 cm³/mol. The summed E-state index contributed by atoms with van der Waals surface area (Å²) in [5.74, 6) is 0.297. The first-order chi connectivity index (χ1) is 13.1. The largest absolute Gasteiger partial charge is 0.467 e. The molecule has 3 aromatic rings. The van der Waals surface area contributed by atoms with Crippen molar-refractivity contribution in [2.75, 3.05) is 7.11 Å². The Kier molecular flexibility index (Phi) is 6.31. The Balaban J connectivity index is 1.48. The lowest BCUT2D eigenvalue weighted by Gasteiger charge is -2.05. The number of hydrogen-bond acceptors (Lipinski definition) is 4. The van der Waals surface area contributed by atoms with Crippen molar-refractivity contribution in [1.82, 2.24) is 9.97 Å². The van der Waals surface area contributed by atoms with Gasteiger partial charge in [-0.1, -0.05) is 54.1 Å². The molecule has 0 aliphatic carbocycles. The zero-order chi connectivity index (χ0) is 19.1. The van der Waals surface area contributed by atoms with Gasteiger partial charge in [0.2, 0.25) is 0 Å². The van der Waals surface area contributed by atoms with Crippen LogP contribution in [0.25, 0.3) is 11.1 Å². The van der Waals surface area contributed by atoms with Crippen LogP contribution in [-0.2, 0) is 17.6 Å². The predicted octanol–water partition coefficient (Wildman–Crippen LogP) is 4.60. The van der Waals surface area contributed by atoms with Crippen LogP contribution in [0.2, 0.25) is 0 Å². The van der Waals surface area contributed by atoms with E-state index in [1.807, 2.05) is 12.1 Å². The highest BCUT2D eigenvalue weighted by molar-refractivity contribution is 5.80. The fourth-order valence-electron chi connectivity index (χ4n) is 2.95. The lowest BCUT2D eigenvalue weighted by molar-refractivity contribution is -0.118. The summed E-state index contributed by atoms with van der Waals surface area (Å²) in [6.45, 7) is 2.05. The molecule has 0 aliphatic rings. The number of ether oxygens (including phenoxy) is 1. The molecule has 0 saturated carbocycles. The van der Waals surface area contributed by atoms with E-state index in [0.29, 0.717) is 24.6 Å². The van der Waals surface area contributed by atoms with Crippen molar-refractivity contribution in [2.24, 2.45) is 0 Å². The minimum atomic E-state index is 0.297. The van der Waals surface area contributed by atoms with Crippen molar-refractivity contribution in [3.63, 3.8) is 0 Å². The van der Waals surface area contributed by atoms with E-state index in [0.717, 1.165) is 29.5 Å². The first-order valence-electron chi connectivity index (χ1n) is 9.16. The highest BCUT2D eigenvalue weighted by atomic mass is 16.5. The molecule has 4 nitrogen and oxygen atoms in total. The normalized spacial score (nSPS) is 10.6. The Morgan fingerprint density at radius 3 is 2.15 bits per heavy atom. The molecule has 0 aliphatic heterocycles. The number of rotatable bonds is 8. The number of carbonyl (C=O) groups excluding carboxylic acids is 1. The summed E-state index contributed by atoms with van der Waals surface area (Å²) in [5.41, 5.74) is 5.57. The zero-order valence-corrected chi connectivity index (χ0v) is 15.8. The van der Waals surface area contributed by atoms with Crippen molar-refractivity contribution in [3.05, 3.63) is 77.6 Å². The van der Waals surface area contributed by atoms with Gasteiger partial charge in [0.25, 0.3) is 0 Å². The minimum absolute atomic E-state index is 0.297. The molecule has 0 spiro atoms. The molecule has 27 heavy (non-hydrogen) atoms. The van der Waals surface area contributed by atoms with Crippen molar-refractivity contribution >= 4 is 5.78 Å². The van der Waals surface area contributed by atoms with Crippen molar-refractivity contribution in [1.29, 1.82) is 0 Å². The first kappa shape index (κ1) is 18.8. The van der Waals surface area contributed by atoms with Crippen LogP contribution >= 0.6 is 0 Å². The Hall–Kier alpha value is -3.01. The Labute approximate surface area is 160 Å². The van der Waals surface area contributed by atoms with E-state index in [1.165, 1.54) is 11.1 Å². The molecular weight excluding hydrogens is 336 g/mol. The quantitative estimate of drug-likeness (QED) is 0.589. The molecule has 0 unspecified atom stereocenters. The van der Waals surface area contributed by atoms with E-state index < -0.39 is 0 Å². The molecule has 0 amide bonds. The van der Waals surface area contributed by atoms with Gasteiger partial charge in [-0.05, 0) is 36.5 Å². The van der Waals surface area contributed by atoms with Crippen LogP contribution in [0.15, 0.2) is 60.9 Å². The highest BCUT2D eigenvalue weighted by Gasteiger charge is 2.05. The summed E-state index contributed by atoms with van der Waals surface area (Å²) in [6.07, 6.45) is 6.42. The van der Waals surface area contributed by atoms with E-state index in [9.17, 15) is 4.79 Å². The highest BCUT2D eigenvalue weighted by Crippen LogP contribution is 2.20. The second kappa shape index (κ2) is 9.08. The van der Waals surface area contributed by atoms with Crippen LogP contribution in [0.3, 0.4) is 0 Å². The second-order valence-electron chi connectivity index (χ2n) is 6.71. The van der Waals surface area contributed by atoms with Crippen molar-refractivity contribution in [3.8, 4) is 17.1 Å². The van der Waals surface area contributed by atoms with Gasteiger partial charge in [-0.15, -0.1) is 0 Å². The number of aromatic nitrogens is 2. The monoisotopic (exact) mass is 360 g/mol. The molecular formula is C23H24N2O2. The third kappa shape index (κ3) is 5.48. The second-order valence-corrected chi connectivity index (χ2v) is 6.71. The van der Waals surface area contributed by atoms with Crippen LogP contribution in [0.1, 0.15) is 29.5 Å². The van der Waals surface area contributed by atoms with E-state index >= 15 is 0 Å². The van der Waals surface area contributed by atoms with E-state index in [-0.39, 0.29) is 0 Å². The third-order valence-electron chi connectivity index (χ3n) is 4.54. The fraction of sp³-hybridized carbons (Fsp3) is 0.261. The van der Waals surface area contributed by atoms with Gasteiger partial charge in [0, 0.05) is 30.8 Å². The van der Waals surface area contributed by atoms with Crippen LogP contribution in [0.5, 0.6) is 6.01 Å². The minimum Gasteiger partial charge on any atom is -0.467 e. The number of carbonyl (C=O) groups is 1. The first-order valence-corrected chi connectivity index (χ1v) is 9.16. The van der Waals surface area contributed by atoms with Gasteiger partial charge in [-0.3, -0.25) is 4.79 Å². The van der Waals surface area contributed by atoms with Crippen LogP contribution in [0.4, 0.5) is 0 Å². The zero-order valence-electron chi connectivity index (χ0n) is 15.8. The number of aryl methyl sites for hydroxylation is 2. The molecule has 4 heteroatoms. The standard InChI is InChI=1S/C23H24N2O2/c1-17-6-8-19(9-7-17)14-22(26)5-3-4-18-10-12-20(13-11-18)21-15-24-23(27-2)25-16-21/h6-13,15-16H,3-5,14H2,1-2H3. The SMILES string of the molecule is COc1ncc(-c2ccc(CCCC(=O)Cc3ccc(C)cc3)cc2)cn1. The molecule has 0 N–H and O–H groups in total. The number of hydrogen-bond donors (Lipinski definition) is 0. The number of methoxy groups -OCH3 is 1. The maximum absolute atomic E-state index is 12.2. The molecule has 0 atom stereocenters. The molecule has 2 aromatic carbocycles. The van der Waals surface area contributed by atoms with Crippen LogP contribution < -0.4 is 4.74 Å². The summed E-state index contributed by atoms with van der Waals surface area (Å²) in [5, 5.41) is 0. The average molecular weight is 360 g/mol. The molecule has 0 radical (unpaired) electrons. The van der Waals surface area contributed by atoms with Gasteiger partial charge in [-0.25, -0.2) is 9.97 Å². The van der Waals surface area contributed by atoms with Gasteiger partial charge in [0.1, 0.15) is 5.78 Å². The topological polar surface area (TPSA) is 52.1 Å². The van der Waals surface area contributed by atoms with E-state index in [1.54, 1.807) is 19.5 Å². The molecule has 1 heterocycles. The maximum atomic E-state index is 12.2. The van der Waals surface area contributed by atoms with Crippen LogP contribution in [-0.4, -0.2) is 22.9 Å². The van der Waals surface area contributed by atoms with Gasteiger partial charge in [0.15, 0.2) is 0 Å². The number of Topliss-reactive ketones (excluding diaryl/α,β-unsaturated/α-hetero) is 1. The summed E-state index contributed by atoms with van der Waals surface area (Å²) in [7, 11) is 1.55. The fourth-order valence-corrected chi connectivity index (χ4v) is 2.95. The van der Waals surface area contributed by atoms with Crippen molar-refractivity contribution < 1.29 is 9.53 Å². The summed E-state index contributed by atoms with van der Waals surface area (Å²) >= 11 is 0. The summed E-state index contributed by atoms with van der Waals surface area (Å²) in [4.78, 5) is 20.4. The number of ketones is 1. The lowest BCUT2D eigenvalue weighted by atomic mass is 10.0. The van der Waals surface area contributed by atoms with Crippen LogP contribution in [0, 0.1) is 6.92 Å². The number of benzene rings is 2. The van der Waals surface area contributed by atoms with E-state index in [2.05, 4.69) is 53.3 Å². The van der Waals surface area contributed by atoms with Gasteiger partial charge in [0.05, 0.1) is 7.11 Å². The Morgan fingerprint density at radius 1 is 0.889 bits per heavy atom. The average Bonchev–Trinajstić information content (AvgIpc) is 2.70. The maximum Gasteiger partial charge on any atom is 0.316 e. The Bertz CT molecular complexity index is 870. The third-order valence-corrected chi connectivity index (χ3v) is 4.54. The molecule has 138 valence electrons. The molecule has 0 bridgehead atoms. The molecule has 0 saturated heterocycles. The molecule has 3 rings (SSSR count). The van der Waals surface area contributed by atoms with Gasteiger partial charge < -0.3 is 4.74 Å². The van der Waals surface area contributed by atoms with Crippen molar-refractivity contribution in [2.45, 2.75) is 32.6 Å². The van der Waals surface area contributed by atoms with E-state index in [4.69, 9.17) is 4.74 Å². The molecule has 0 fully saturated rings. The number of nitrogens with zero attached hydrogens (tertiary/aromatic N) is 2. The summed E-state index contributed by atoms with van der Waals surface area (Å²) < 4.78 is 4.98. The van der Waals surface area contributed by atoms with Gasteiger partial charge >= 0.3 is 6.01 Å². The molecule has 1 aromatic heterocycles.